The van der Waals surface area contributed by atoms with Gasteiger partial charge in [0.05, 0.1) is 12.5 Å². The second-order valence-electron chi connectivity index (χ2n) is 3.98. The van der Waals surface area contributed by atoms with Crippen molar-refractivity contribution in [2.45, 2.75) is 12.3 Å². The molecule has 84 valence electrons. The summed E-state index contributed by atoms with van der Waals surface area (Å²) in [7, 11) is 0. The van der Waals surface area contributed by atoms with Crippen LogP contribution in [0.25, 0.3) is 0 Å². The van der Waals surface area contributed by atoms with Gasteiger partial charge in [0.25, 0.3) is 0 Å². The average Bonchev–Trinajstić information content (AvgIpc) is 2.61. The summed E-state index contributed by atoms with van der Waals surface area (Å²) in [6.07, 6.45) is 0.760. The van der Waals surface area contributed by atoms with Crippen LogP contribution >= 0.6 is 0 Å². The molecule has 4 nitrogen and oxygen atoms in total. The predicted molar refractivity (Wildman–Crippen MR) is 59.6 cm³/mol. The lowest BCUT2D eigenvalue weighted by atomic mass is 9.98. The summed E-state index contributed by atoms with van der Waals surface area (Å²) in [6.45, 7) is 0.642. The molecule has 1 atom stereocenters. The van der Waals surface area contributed by atoms with Crippen LogP contribution in [-0.2, 0) is 9.59 Å². The molecule has 0 aromatic heterocycles. The third-order valence-corrected chi connectivity index (χ3v) is 2.85. The van der Waals surface area contributed by atoms with Crippen molar-refractivity contribution in [3.63, 3.8) is 0 Å². The van der Waals surface area contributed by atoms with E-state index in [0.717, 1.165) is 12.0 Å². The van der Waals surface area contributed by atoms with E-state index in [9.17, 15) is 9.59 Å². The molecule has 0 unspecified atom stereocenters. The molecule has 2 rings (SSSR count). The first kappa shape index (κ1) is 10.7. The number of hydrogen-bond acceptors (Lipinski definition) is 2. The number of likely N-dealkylation sites (tertiary alicyclic amines) is 1. The van der Waals surface area contributed by atoms with Crippen LogP contribution in [0.3, 0.4) is 0 Å². The van der Waals surface area contributed by atoms with Crippen LogP contribution in [0.4, 0.5) is 0 Å². The highest BCUT2D eigenvalue weighted by Crippen LogP contribution is 2.27. The summed E-state index contributed by atoms with van der Waals surface area (Å²) in [5, 5.41) is 0. The lowest BCUT2D eigenvalue weighted by Gasteiger charge is -2.14. The van der Waals surface area contributed by atoms with Crippen LogP contribution < -0.4 is 5.73 Å². The standard InChI is InChI=1S/C12H14N2O2/c13-11(15)8-14-7-6-10(12(14)16)9-4-2-1-3-5-9/h1-5,10H,6-8H2,(H2,13,15)/t10-/m0/s1. The van der Waals surface area contributed by atoms with Gasteiger partial charge in [-0.05, 0) is 12.0 Å². The number of rotatable bonds is 3. The van der Waals surface area contributed by atoms with Crippen LogP contribution in [0.2, 0.25) is 0 Å². The van der Waals surface area contributed by atoms with Gasteiger partial charge in [0.15, 0.2) is 0 Å². The minimum atomic E-state index is -0.456. The van der Waals surface area contributed by atoms with Crippen molar-refractivity contribution in [1.82, 2.24) is 4.90 Å². The van der Waals surface area contributed by atoms with Crippen molar-refractivity contribution in [3.05, 3.63) is 35.9 Å². The Morgan fingerprint density at radius 3 is 2.69 bits per heavy atom. The van der Waals surface area contributed by atoms with E-state index in [-0.39, 0.29) is 18.4 Å². The number of nitrogens with zero attached hydrogens (tertiary/aromatic N) is 1. The molecule has 16 heavy (non-hydrogen) atoms. The zero-order valence-electron chi connectivity index (χ0n) is 8.93. The van der Waals surface area contributed by atoms with Crippen LogP contribution in [0, 0.1) is 0 Å². The molecule has 1 aromatic rings. The van der Waals surface area contributed by atoms with Crippen molar-refractivity contribution in [1.29, 1.82) is 0 Å². The molecule has 1 fully saturated rings. The molecule has 1 aromatic carbocycles. The van der Waals surface area contributed by atoms with Gasteiger partial charge < -0.3 is 10.6 Å². The van der Waals surface area contributed by atoms with Crippen LogP contribution in [-0.4, -0.2) is 29.8 Å². The first-order valence-corrected chi connectivity index (χ1v) is 5.30. The monoisotopic (exact) mass is 218 g/mol. The van der Waals surface area contributed by atoms with E-state index in [4.69, 9.17) is 5.73 Å². The Bertz CT molecular complexity index is 403. The Hall–Kier alpha value is -1.84. The maximum atomic E-state index is 12.0. The molecule has 1 heterocycles. The summed E-state index contributed by atoms with van der Waals surface area (Å²) in [5.74, 6) is -0.562. The average molecular weight is 218 g/mol. The van der Waals surface area contributed by atoms with E-state index < -0.39 is 5.91 Å². The minimum absolute atomic E-state index is 0.00463. The molecule has 0 aliphatic carbocycles. The van der Waals surface area contributed by atoms with Gasteiger partial charge in [-0.2, -0.15) is 0 Å². The quantitative estimate of drug-likeness (QED) is 0.802. The molecular formula is C12H14N2O2. The van der Waals surface area contributed by atoms with Gasteiger partial charge in [0.2, 0.25) is 11.8 Å². The summed E-state index contributed by atoms with van der Waals surface area (Å²) in [5.41, 5.74) is 6.10. The molecule has 0 saturated carbocycles. The lowest BCUT2D eigenvalue weighted by molar-refractivity contribution is -0.132. The molecule has 2 N–H and O–H groups in total. The van der Waals surface area contributed by atoms with Gasteiger partial charge in [-0.25, -0.2) is 0 Å². The van der Waals surface area contributed by atoms with E-state index in [2.05, 4.69) is 0 Å². The van der Waals surface area contributed by atoms with Crippen LogP contribution in [0.15, 0.2) is 30.3 Å². The highest BCUT2D eigenvalue weighted by molar-refractivity contribution is 5.89. The molecule has 4 heteroatoms. The largest absolute Gasteiger partial charge is 0.368 e. The topological polar surface area (TPSA) is 63.4 Å². The third kappa shape index (κ3) is 2.05. The maximum Gasteiger partial charge on any atom is 0.237 e. The molecular weight excluding hydrogens is 204 g/mol. The summed E-state index contributed by atoms with van der Waals surface area (Å²) >= 11 is 0. The Kier molecular flexibility index (Phi) is 2.90. The Morgan fingerprint density at radius 1 is 1.38 bits per heavy atom. The molecule has 2 amide bonds. The second kappa shape index (κ2) is 4.35. The molecule has 0 radical (unpaired) electrons. The number of carbonyl (C=O) groups excluding carboxylic acids is 2. The second-order valence-corrected chi connectivity index (χ2v) is 3.98. The SMILES string of the molecule is NC(=O)CN1CC[C@@H](c2ccccc2)C1=O. The molecule has 1 aliphatic rings. The highest BCUT2D eigenvalue weighted by Gasteiger charge is 2.32. The predicted octanol–water partition coefficient (Wildman–Crippen LogP) is 0.488. The van der Waals surface area contributed by atoms with E-state index in [0.29, 0.717) is 6.54 Å². The van der Waals surface area contributed by atoms with Gasteiger partial charge in [0.1, 0.15) is 0 Å². The number of nitrogens with two attached hydrogens (primary N) is 1. The molecule has 0 spiro atoms. The third-order valence-electron chi connectivity index (χ3n) is 2.85. The Labute approximate surface area is 94.0 Å². The first-order valence-electron chi connectivity index (χ1n) is 5.30. The smallest absolute Gasteiger partial charge is 0.237 e. The van der Waals surface area contributed by atoms with E-state index in [1.54, 1.807) is 0 Å². The van der Waals surface area contributed by atoms with Crippen LogP contribution in [0.1, 0.15) is 17.9 Å². The first-order chi connectivity index (χ1) is 7.68. The number of primary amides is 1. The van der Waals surface area contributed by atoms with Gasteiger partial charge >= 0.3 is 0 Å². The van der Waals surface area contributed by atoms with Crippen molar-refractivity contribution in [2.24, 2.45) is 5.73 Å². The zero-order chi connectivity index (χ0) is 11.5. The number of amides is 2. The summed E-state index contributed by atoms with van der Waals surface area (Å²) < 4.78 is 0. The maximum absolute atomic E-state index is 12.0. The van der Waals surface area contributed by atoms with Crippen LogP contribution in [0.5, 0.6) is 0 Å². The van der Waals surface area contributed by atoms with Crippen molar-refractivity contribution in [3.8, 4) is 0 Å². The van der Waals surface area contributed by atoms with E-state index in [1.165, 1.54) is 4.90 Å². The van der Waals surface area contributed by atoms with E-state index >= 15 is 0 Å². The van der Waals surface area contributed by atoms with Gasteiger partial charge in [-0.1, -0.05) is 30.3 Å². The fraction of sp³-hybridized carbons (Fsp3) is 0.333. The van der Waals surface area contributed by atoms with Gasteiger partial charge in [0, 0.05) is 6.54 Å². The molecule has 1 aliphatic heterocycles. The Balaban J connectivity index is 2.11. The number of carbonyl (C=O) groups is 2. The van der Waals surface area contributed by atoms with Crippen molar-refractivity contribution in [2.75, 3.05) is 13.1 Å². The fourth-order valence-corrected chi connectivity index (χ4v) is 2.08. The molecule has 1 saturated heterocycles. The van der Waals surface area contributed by atoms with Crippen molar-refractivity contribution < 1.29 is 9.59 Å². The summed E-state index contributed by atoms with van der Waals surface area (Å²) in [4.78, 5) is 24.3. The fourth-order valence-electron chi connectivity index (χ4n) is 2.08. The number of hydrogen-bond donors (Lipinski definition) is 1. The van der Waals surface area contributed by atoms with Crippen molar-refractivity contribution >= 4 is 11.8 Å². The van der Waals surface area contributed by atoms with Gasteiger partial charge in [-0.15, -0.1) is 0 Å². The minimum Gasteiger partial charge on any atom is -0.368 e. The lowest BCUT2D eigenvalue weighted by Crippen LogP contribution is -2.35. The molecule has 0 bridgehead atoms. The number of benzene rings is 1. The van der Waals surface area contributed by atoms with E-state index in [1.807, 2.05) is 30.3 Å². The zero-order valence-corrected chi connectivity index (χ0v) is 8.93. The Morgan fingerprint density at radius 2 is 2.06 bits per heavy atom. The highest BCUT2D eigenvalue weighted by atomic mass is 16.2. The normalized spacial score (nSPS) is 20.1. The summed E-state index contributed by atoms with van der Waals surface area (Å²) in [6, 6.07) is 9.63. The van der Waals surface area contributed by atoms with Gasteiger partial charge in [-0.3, -0.25) is 9.59 Å².